The van der Waals surface area contributed by atoms with E-state index in [-0.39, 0.29) is 18.1 Å². The Hall–Kier alpha value is -2.37. The Balaban J connectivity index is 2.39. The van der Waals surface area contributed by atoms with Crippen molar-refractivity contribution in [2.24, 2.45) is 0 Å². The average Bonchev–Trinajstić information content (AvgIpc) is 2.71. The first-order valence-electron chi connectivity index (χ1n) is 5.55. The Bertz CT molecular complexity index is 577. The van der Waals surface area contributed by atoms with Crippen LogP contribution in [0, 0.1) is 6.92 Å². The van der Waals surface area contributed by atoms with Crippen molar-refractivity contribution < 1.29 is 9.53 Å². The summed E-state index contributed by atoms with van der Waals surface area (Å²) >= 11 is 0. The number of imidazole rings is 1. The second-order valence-electron chi connectivity index (χ2n) is 3.79. The number of aryl methyl sites for hydroxylation is 1. The highest BCUT2D eigenvalue weighted by atomic mass is 16.5. The zero-order chi connectivity index (χ0) is 13.1. The highest BCUT2D eigenvalue weighted by Gasteiger charge is 2.17. The van der Waals surface area contributed by atoms with E-state index in [0.29, 0.717) is 0 Å². The van der Waals surface area contributed by atoms with Gasteiger partial charge in [-0.25, -0.2) is 9.78 Å². The molecule has 2 N–H and O–H groups in total. The predicted octanol–water partition coefficient (Wildman–Crippen LogP) is 1.33. The number of esters is 1. The van der Waals surface area contributed by atoms with Crippen LogP contribution in [0.4, 0.5) is 5.82 Å². The monoisotopic (exact) mass is 246 g/mol. The van der Waals surface area contributed by atoms with Crippen LogP contribution in [0.15, 0.2) is 24.8 Å². The maximum atomic E-state index is 11.6. The number of pyridine rings is 1. The summed E-state index contributed by atoms with van der Waals surface area (Å²) in [5, 5.41) is 0. The molecule has 0 unspecified atom stereocenters. The lowest BCUT2D eigenvalue weighted by molar-refractivity contribution is 0.0521. The van der Waals surface area contributed by atoms with Gasteiger partial charge in [-0.3, -0.25) is 9.55 Å². The Labute approximate surface area is 104 Å². The average molecular weight is 246 g/mol. The van der Waals surface area contributed by atoms with Crippen LogP contribution >= 0.6 is 0 Å². The third-order valence-electron chi connectivity index (χ3n) is 2.41. The smallest absolute Gasteiger partial charge is 0.360 e. The lowest BCUT2D eigenvalue weighted by atomic mass is 10.3. The molecule has 0 amide bonds. The molecule has 6 heteroatoms. The van der Waals surface area contributed by atoms with E-state index in [4.69, 9.17) is 10.5 Å². The lowest BCUT2D eigenvalue weighted by Gasteiger charge is -2.05. The van der Waals surface area contributed by atoms with Crippen LogP contribution in [0.5, 0.6) is 0 Å². The van der Waals surface area contributed by atoms with Gasteiger partial charge in [0, 0.05) is 6.20 Å². The van der Waals surface area contributed by atoms with Gasteiger partial charge < -0.3 is 10.5 Å². The molecule has 0 saturated carbocycles. The van der Waals surface area contributed by atoms with E-state index in [1.807, 2.05) is 13.0 Å². The normalized spacial score (nSPS) is 10.3. The third kappa shape index (κ3) is 2.17. The van der Waals surface area contributed by atoms with Gasteiger partial charge in [0.1, 0.15) is 12.1 Å². The lowest BCUT2D eigenvalue weighted by Crippen LogP contribution is -2.09. The zero-order valence-corrected chi connectivity index (χ0v) is 10.3. The minimum absolute atomic E-state index is 0.123. The first-order valence-corrected chi connectivity index (χ1v) is 5.55. The number of nitrogens with two attached hydrogens (primary N) is 1. The molecule has 0 aliphatic carbocycles. The van der Waals surface area contributed by atoms with Gasteiger partial charge in [-0.05, 0) is 25.5 Å². The van der Waals surface area contributed by atoms with Crippen molar-refractivity contribution in [1.29, 1.82) is 0 Å². The molecule has 2 rings (SSSR count). The van der Waals surface area contributed by atoms with E-state index in [9.17, 15) is 4.79 Å². The van der Waals surface area contributed by atoms with Crippen molar-refractivity contribution in [2.75, 3.05) is 12.3 Å². The van der Waals surface area contributed by atoms with Crippen LogP contribution in [-0.2, 0) is 4.74 Å². The standard InChI is InChI=1S/C12H14N4O2/c1-3-18-12(17)10-11(13)16(7-15-10)9-4-8(2)5-14-6-9/h4-7H,3,13H2,1-2H3. The summed E-state index contributed by atoms with van der Waals surface area (Å²) in [6.07, 6.45) is 4.88. The SMILES string of the molecule is CCOC(=O)c1ncn(-c2cncc(C)c2)c1N. The number of nitrogens with zero attached hydrogens (tertiary/aromatic N) is 3. The van der Waals surface area contributed by atoms with E-state index in [1.165, 1.54) is 6.33 Å². The molecular weight excluding hydrogens is 232 g/mol. The summed E-state index contributed by atoms with van der Waals surface area (Å²) in [6.45, 7) is 3.95. The Morgan fingerprint density at radius 1 is 1.50 bits per heavy atom. The van der Waals surface area contributed by atoms with Crippen LogP contribution in [0.25, 0.3) is 5.69 Å². The van der Waals surface area contributed by atoms with E-state index in [1.54, 1.807) is 23.9 Å². The molecule has 6 nitrogen and oxygen atoms in total. The van der Waals surface area contributed by atoms with E-state index in [2.05, 4.69) is 9.97 Å². The fraction of sp³-hybridized carbons (Fsp3) is 0.250. The van der Waals surface area contributed by atoms with Gasteiger partial charge in [0.15, 0.2) is 5.69 Å². The molecule has 0 spiro atoms. The van der Waals surface area contributed by atoms with Crippen molar-refractivity contribution in [3.05, 3.63) is 36.0 Å². The van der Waals surface area contributed by atoms with Gasteiger partial charge in [0.2, 0.25) is 0 Å². The first kappa shape index (κ1) is 12.1. The topological polar surface area (TPSA) is 83.0 Å². The number of hydrogen-bond donors (Lipinski definition) is 1. The maximum absolute atomic E-state index is 11.6. The summed E-state index contributed by atoms with van der Waals surface area (Å²) in [5.41, 5.74) is 7.77. The number of hydrogen-bond acceptors (Lipinski definition) is 5. The second-order valence-corrected chi connectivity index (χ2v) is 3.79. The van der Waals surface area contributed by atoms with Crippen LogP contribution in [-0.4, -0.2) is 27.1 Å². The van der Waals surface area contributed by atoms with E-state index < -0.39 is 5.97 Å². The van der Waals surface area contributed by atoms with Crippen LogP contribution in [0.3, 0.4) is 0 Å². The molecule has 0 bridgehead atoms. The Kier molecular flexibility index (Phi) is 3.27. The maximum Gasteiger partial charge on any atom is 0.360 e. The molecule has 2 aromatic rings. The molecule has 0 aliphatic heterocycles. The van der Waals surface area contributed by atoms with Crippen molar-refractivity contribution in [3.63, 3.8) is 0 Å². The van der Waals surface area contributed by atoms with Crippen LogP contribution in [0.2, 0.25) is 0 Å². The first-order chi connectivity index (χ1) is 8.63. The summed E-state index contributed by atoms with van der Waals surface area (Å²) in [6, 6.07) is 1.90. The van der Waals surface area contributed by atoms with Crippen molar-refractivity contribution in [3.8, 4) is 5.69 Å². The molecule has 0 aromatic carbocycles. The highest BCUT2D eigenvalue weighted by molar-refractivity contribution is 5.92. The molecule has 18 heavy (non-hydrogen) atoms. The van der Waals surface area contributed by atoms with E-state index in [0.717, 1.165) is 11.3 Å². The van der Waals surface area contributed by atoms with Gasteiger partial charge in [0.05, 0.1) is 18.5 Å². The molecule has 0 atom stereocenters. The summed E-state index contributed by atoms with van der Waals surface area (Å²) in [4.78, 5) is 19.6. The van der Waals surface area contributed by atoms with Crippen LogP contribution in [0.1, 0.15) is 23.0 Å². The third-order valence-corrected chi connectivity index (χ3v) is 2.41. The van der Waals surface area contributed by atoms with Crippen molar-refractivity contribution in [2.45, 2.75) is 13.8 Å². The van der Waals surface area contributed by atoms with Crippen molar-refractivity contribution >= 4 is 11.8 Å². The van der Waals surface area contributed by atoms with Gasteiger partial charge in [-0.15, -0.1) is 0 Å². The number of anilines is 1. The van der Waals surface area contributed by atoms with Gasteiger partial charge in [-0.2, -0.15) is 0 Å². The molecule has 94 valence electrons. The molecular formula is C12H14N4O2. The number of ether oxygens (including phenoxy) is 1. The molecule has 2 heterocycles. The molecule has 0 fully saturated rings. The number of carbonyl (C=O) groups excluding carboxylic acids is 1. The summed E-state index contributed by atoms with van der Waals surface area (Å²) in [7, 11) is 0. The molecule has 0 saturated heterocycles. The minimum Gasteiger partial charge on any atom is -0.461 e. The molecule has 0 radical (unpaired) electrons. The predicted molar refractivity (Wildman–Crippen MR) is 66.5 cm³/mol. The second kappa shape index (κ2) is 4.87. The van der Waals surface area contributed by atoms with Gasteiger partial charge in [-0.1, -0.05) is 0 Å². The molecule has 2 aromatic heterocycles. The quantitative estimate of drug-likeness (QED) is 0.826. The number of rotatable bonds is 3. The fourth-order valence-electron chi connectivity index (χ4n) is 1.59. The molecule has 0 aliphatic rings. The van der Waals surface area contributed by atoms with Gasteiger partial charge >= 0.3 is 5.97 Å². The fourth-order valence-corrected chi connectivity index (χ4v) is 1.59. The van der Waals surface area contributed by atoms with Crippen LogP contribution < -0.4 is 5.73 Å². The minimum atomic E-state index is -0.519. The zero-order valence-electron chi connectivity index (χ0n) is 10.3. The largest absolute Gasteiger partial charge is 0.461 e. The number of carbonyl (C=O) groups is 1. The highest BCUT2D eigenvalue weighted by Crippen LogP contribution is 2.17. The van der Waals surface area contributed by atoms with Crippen molar-refractivity contribution in [1.82, 2.24) is 14.5 Å². The number of aromatic nitrogens is 3. The Morgan fingerprint density at radius 3 is 2.94 bits per heavy atom. The van der Waals surface area contributed by atoms with E-state index >= 15 is 0 Å². The summed E-state index contributed by atoms with van der Waals surface area (Å²) < 4.78 is 6.47. The Morgan fingerprint density at radius 2 is 2.28 bits per heavy atom. The van der Waals surface area contributed by atoms with Gasteiger partial charge in [0.25, 0.3) is 0 Å². The summed E-state index contributed by atoms with van der Waals surface area (Å²) in [5.74, 6) is -0.268. The number of nitrogen functional groups attached to an aromatic ring is 1.